The quantitative estimate of drug-likeness (QED) is 0.708. The van der Waals surface area contributed by atoms with Crippen molar-refractivity contribution in [1.29, 1.82) is 5.26 Å². The molecule has 1 aliphatic heterocycles. The summed E-state index contributed by atoms with van der Waals surface area (Å²) in [6, 6.07) is 4.62. The Kier molecular flexibility index (Phi) is 5.93. The van der Waals surface area contributed by atoms with Gasteiger partial charge in [-0.3, -0.25) is 14.6 Å². The zero-order valence-electron chi connectivity index (χ0n) is 17.4. The Morgan fingerprint density at radius 2 is 1.97 bits per heavy atom. The predicted molar refractivity (Wildman–Crippen MR) is 110 cm³/mol. The fourth-order valence-corrected chi connectivity index (χ4v) is 4.19. The van der Waals surface area contributed by atoms with E-state index in [0.29, 0.717) is 47.5 Å². The summed E-state index contributed by atoms with van der Waals surface area (Å²) in [5, 5.41) is 22.7. The Morgan fingerprint density at radius 3 is 2.64 bits per heavy atom. The van der Waals surface area contributed by atoms with Crippen LogP contribution in [0.4, 0.5) is 18.9 Å². The average Bonchev–Trinajstić information content (AvgIpc) is 3.15. The van der Waals surface area contributed by atoms with E-state index in [4.69, 9.17) is 9.84 Å². The Labute approximate surface area is 185 Å². The van der Waals surface area contributed by atoms with E-state index >= 15 is 0 Å². The van der Waals surface area contributed by atoms with Crippen molar-refractivity contribution in [2.24, 2.45) is 4.99 Å². The number of carbonyl (C=O) groups is 1. The van der Waals surface area contributed by atoms with Crippen LogP contribution in [0.25, 0.3) is 0 Å². The molecule has 1 aromatic carbocycles. The molecule has 4 rings (SSSR count). The standard InChI is InChI=1S/C22H19F3N4O4/c23-22(24,25)11-33-19-7-12-5-14(27-17(12)6-13(19)9-26)8-18-15-3-1-2-4-16(15)21(32)29(28-18)10-20(30)31/h6-7H,1-5,8,10-11H2,(H,30,31). The molecule has 1 N–H and O–H groups in total. The summed E-state index contributed by atoms with van der Waals surface area (Å²) >= 11 is 0. The van der Waals surface area contributed by atoms with Crippen molar-refractivity contribution in [2.45, 2.75) is 51.2 Å². The van der Waals surface area contributed by atoms with Gasteiger partial charge in [0, 0.05) is 24.1 Å². The van der Waals surface area contributed by atoms with Crippen molar-refractivity contribution in [3.8, 4) is 11.8 Å². The van der Waals surface area contributed by atoms with E-state index in [1.165, 1.54) is 12.1 Å². The van der Waals surface area contributed by atoms with Gasteiger partial charge in [0.15, 0.2) is 6.61 Å². The van der Waals surface area contributed by atoms with Crippen LogP contribution in [0.15, 0.2) is 21.9 Å². The molecule has 0 spiro atoms. The van der Waals surface area contributed by atoms with Crippen LogP contribution in [0, 0.1) is 11.3 Å². The second-order valence-corrected chi connectivity index (χ2v) is 7.99. The number of fused-ring (bicyclic) bond motifs is 2. The highest BCUT2D eigenvalue weighted by molar-refractivity contribution is 5.95. The molecular formula is C22H19F3N4O4. The lowest BCUT2D eigenvalue weighted by Gasteiger charge is -2.19. The Morgan fingerprint density at radius 1 is 1.24 bits per heavy atom. The molecule has 0 atom stereocenters. The highest BCUT2D eigenvalue weighted by Gasteiger charge is 2.30. The molecular weight excluding hydrogens is 441 g/mol. The van der Waals surface area contributed by atoms with Gasteiger partial charge in [0.25, 0.3) is 5.56 Å². The smallest absolute Gasteiger partial charge is 0.422 e. The van der Waals surface area contributed by atoms with Crippen LogP contribution in [-0.2, 0) is 37.0 Å². The summed E-state index contributed by atoms with van der Waals surface area (Å²) in [5.74, 6) is -1.33. The highest BCUT2D eigenvalue weighted by Crippen LogP contribution is 2.35. The number of nitrogens with zero attached hydrogens (tertiary/aromatic N) is 4. The number of nitriles is 1. The summed E-state index contributed by atoms with van der Waals surface area (Å²) < 4.78 is 43.4. The van der Waals surface area contributed by atoms with Crippen molar-refractivity contribution < 1.29 is 27.8 Å². The minimum Gasteiger partial charge on any atom is -0.483 e. The third-order valence-electron chi connectivity index (χ3n) is 5.57. The predicted octanol–water partition coefficient (Wildman–Crippen LogP) is 2.89. The number of rotatable bonds is 6. The molecule has 33 heavy (non-hydrogen) atoms. The van der Waals surface area contributed by atoms with E-state index in [-0.39, 0.29) is 17.7 Å². The average molecular weight is 460 g/mol. The summed E-state index contributed by atoms with van der Waals surface area (Å²) in [6.45, 7) is -2.05. The molecule has 0 saturated carbocycles. The topological polar surface area (TPSA) is 118 Å². The summed E-state index contributed by atoms with van der Waals surface area (Å²) in [7, 11) is 0. The number of hydrogen-bond donors (Lipinski definition) is 1. The molecule has 11 heteroatoms. The van der Waals surface area contributed by atoms with Crippen LogP contribution < -0.4 is 10.3 Å². The molecule has 0 unspecified atom stereocenters. The minimum absolute atomic E-state index is 0.0477. The number of aliphatic imine (C=N–C) groups is 1. The molecule has 0 amide bonds. The summed E-state index contributed by atoms with van der Waals surface area (Å²) in [4.78, 5) is 28.3. The lowest BCUT2D eigenvalue weighted by molar-refractivity contribution is -0.153. The van der Waals surface area contributed by atoms with Crippen LogP contribution in [0.1, 0.15) is 40.8 Å². The Hall–Kier alpha value is -3.68. The van der Waals surface area contributed by atoms with Gasteiger partial charge in [0.2, 0.25) is 0 Å². The van der Waals surface area contributed by atoms with Gasteiger partial charge in [0.05, 0.1) is 16.9 Å². The van der Waals surface area contributed by atoms with Gasteiger partial charge < -0.3 is 9.84 Å². The fraction of sp³-hybridized carbons (Fsp3) is 0.409. The number of carboxylic acids is 1. The zero-order valence-corrected chi connectivity index (χ0v) is 17.4. The van der Waals surface area contributed by atoms with E-state index in [1.54, 1.807) is 0 Å². The minimum atomic E-state index is -4.53. The van der Waals surface area contributed by atoms with Crippen LogP contribution in [-0.4, -0.2) is 39.4 Å². The maximum absolute atomic E-state index is 12.6. The number of aromatic nitrogens is 2. The lowest BCUT2D eigenvalue weighted by Crippen LogP contribution is -2.34. The second kappa shape index (κ2) is 8.69. The molecule has 2 heterocycles. The van der Waals surface area contributed by atoms with Gasteiger partial charge >= 0.3 is 12.1 Å². The SMILES string of the molecule is N#Cc1cc2c(cc1OCC(F)(F)F)CC(Cc1nn(CC(=O)O)c(=O)c3c1CCCC3)=N2. The molecule has 0 radical (unpaired) electrons. The number of carboxylic acid groups (broad SMARTS) is 1. The van der Waals surface area contributed by atoms with Crippen LogP contribution in [0.2, 0.25) is 0 Å². The van der Waals surface area contributed by atoms with Crippen molar-refractivity contribution in [3.05, 3.63) is 50.4 Å². The van der Waals surface area contributed by atoms with Gasteiger partial charge in [-0.05, 0) is 48.9 Å². The maximum atomic E-state index is 12.6. The molecule has 1 aromatic heterocycles. The van der Waals surface area contributed by atoms with Gasteiger partial charge in [-0.15, -0.1) is 0 Å². The highest BCUT2D eigenvalue weighted by atomic mass is 19.4. The molecule has 8 nitrogen and oxygen atoms in total. The largest absolute Gasteiger partial charge is 0.483 e. The maximum Gasteiger partial charge on any atom is 0.422 e. The van der Waals surface area contributed by atoms with E-state index in [1.807, 2.05) is 6.07 Å². The third kappa shape index (κ3) is 4.89. The summed E-state index contributed by atoms with van der Waals surface area (Å²) in [5.41, 5.74) is 3.28. The molecule has 2 aliphatic rings. The van der Waals surface area contributed by atoms with Crippen molar-refractivity contribution in [1.82, 2.24) is 9.78 Å². The normalized spacial score (nSPS) is 14.8. The van der Waals surface area contributed by atoms with E-state index < -0.39 is 30.9 Å². The number of alkyl halides is 3. The molecule has 0 bridgehead atoms. The second-order valence-electron chi connectivity index (χ2n) is 7.99. The van der Waals surface area contributed by atoms with Crippen LogP contribution in [0.3, 0.4) is 0 Å². The van der Waals surface area contributed by atoms with E-state index in [0.717, 1.165) is 23.1 Å². The number of benzene rings is 1. The fourth-order valence-electron chi connectivity index (χ4n) is 4.19. The Balaban J connectivity index is 1.63. The number of hydrogen-bond acceptors (Lipinski definition) is 6. The first-order valence-electron chi connectivity index (χ1n) is 10.3. The first-order valence-corrected chi connectivity index (χ1v) is 10.3. The number of halogens is 3. The monoisotopic (exact) mass is 460 g/mol. The van der Waals surface area contributed by atoms with Gasteiger partial charge in [0.1, 0.15) is 18.4 Å². The van der Waals surface area contributed by atoms with Crippen molar-refractivity contribution >= 4 is 17.4 Å². The van der Waals surface area contributed by atoms with E-state index in [9.17, 15) is 28.0 Å². The van der Waals surface area contributed by atoms with E-state index in [2.05, 4.69) is 10.1 Å². The van der Waals surface area contributed by atoms with Gasteiger partial charge in [-0.25, -0.2) is 4.68 Å². The first-order chi connectivity index (χ1) is 15.6. The zero-order chi connectivity index (χ0) is 23.8. The molecule has 0 fully saturated rings. The Bertz CT molecular complexity index is 1260. The number of ether oxygens (including phenoxy) is 1. The number of aliphatic carboxylic acids is 1. The molecule has 2 aromatic rings. The van der Waals surface area contributed by atoms with Crippen LogP contribution >= 0.6 is 0 Å². The van der Waals surface area contributed by atoms with Crippen LogP contribution in [0.5, 0.6) is 5.75 Å². The molecule has 172 valence electrons. The molecule has 1 aliphatic carbocycles. The van der Waals surface area contributed by atoms with Gasteiger partial charge in [-0.2, -0.15) is 23.5 Å². The first kappa shape index (κ1) is 22.5. The van der Waals surface area contributed by atoms with Crippen molar-refractivity contribution in [3.63, 3.8) is 0 Å². The summed E-state index contributed by atoms with van der Waals surface area (Å²) in [6.07, 6.45) is -1.01. The van der Waals surface area contributed by atoms with Gasteiger partial charge in [-0.1, -0.05) is 0 Å². The lowest BCUT2D eigenvalue weighted by atomic mass is 9.90. The third-order valence-corrected chi connectivity index (χ3v) is 5.57. The van der Waals surface area contributed by atoms with Crippen molar-refractivity contribution in [2.75, 3.05) is 6.61 Å². The molecule has 0 saturated heterocycles.